The quantitative estimate of drug-likeness (QED) is 0.731. The van der Waals surface area contributed by atoms with Crippen LogP contribution in [-0.4, -0.2) is 62.5 Å². The Kier molecular flexibility index (Phi) is 9.28. The predicted molar refractivity (Wildman–Crippen MR) is 113 cm³/mol. The number of rotatable bonds is 5. The van der Waals surface area contributed by atoms with Gasteiger partial charge in [0.15, 0.2) is 0 Å². The van der Waals surface area contributed by atoms with Crippen LogP contribution in [0.4, 0.5) is 5.69 Å². The van der Waals surface area contributed by atoms with Crippen molar-refractivity contribution in [1.82, 2.24) is 4.90 Å². The Labute approximate surface area is 171 Å². The number of benzene rings is 1. The number of piperazine rings is 1. The van der Waals surface area contributed by atoms with Crippen LogP contribution in [0.2, 0.25) is 10.0 Å². The monoisotopic (exact) mass is 411 g/mol. The van der Waals surface area contributed by atoms with Crippen LogP contribution in [0.25, 0.3) is 0 Å². The van der Waals surface area contributed by atoms with Crippen LogP contribution in [0, 0.1) is 0 Å². The third kappa shape index (κ3) is 6.61. The smallest absolute Gasteiger partial charge is 0.211 e. The predicted octanol–water partition coefficient (Wildman–Crippen LogP) is 4.08. The summed E-state index contributed by atoms with van der Waals surface area (Å²) in [5, 5.41) is 1.32. The normalized spacial score (nSPS) is 19.8. The molecule has 0 aliphatic carbocycles. The molecule has 3 rings (SSSR count). The first-order valence-electron chi connectivity index (χ1n) is 9.33. The van der Waals surface area contributed by atoms with E-state index in [-0.39, 0.29) is 5.78 Å². The highest BCUT2D eigenvalue weighted by atomic mass is 35.5. The van der Waals surface area contributed by atoms with Crippen molar-refractivity contribution in [3.05, 3.63) is 40.4 Å². The summed E-state index contributed by atoms with van der Waals surface area (Å²) < 4.78 is 5.00. The molecule has 0 bridgehead atoms. The highest BCUT2D eigenvalue weighted by Gasteiger charge is 2.19. The zero-order chi connectivity index (χ0) is 19.6. The number of dihydropyridines is 1. The van der Waals surface area contributed by atoms with Crippen molar-refractivity contribution in [2.24, 2.45) is 4.99 Å². The van der Waals surface area contributed by atoms with E-state index < -0.39 is 6.23 Å². The molecule has 2 aliphatic heterocycles. The third-order valence-electron chi connectivity index (χ3n) is 4.32. The number of carbonyl (C=O) groups excluding carboxylic acids is 1. The number of nitrogens with zero attached hydrogens (tertiary/aromatic N) is 3. The first kappa shape index (κ1) is 21.9. The van der Waals surface area contributed by atoms with Gasteiger partial charge >= 0.3 is 0 Å². The third-order valence-corrected chi connectivity index (χ3v) is 5.13. The molecule has 0 aromatic heterocycles. The van der Waals surface area contributed by atoms with Gasteiger partial charge in [-0.25, -0.2) is 0 Å². The highest BCUT2D eigenvalue weighted by molar-refractivity contribution is 6.43. The van der Waals surface area contributed by atoms with Gasteiger partial charge < -0.3 is 9.64 Å². The number of halogens is 2. The van der Waals surface area contributed by atoms with E-state index >= 15 is 0 Å². The van der Waals surface area contributed by atoms with E-state index in [0.29, 0.717) is 16.7 Å². The zero-order valence-corrected chi connectivity index (χ0v) is 17.4. The fraction of sp³-hybridized carbons (Fsp3) is 0.500. The number of carbonyl (C=O) groups is 1. The number of hydrogen-bond donors (Lipinski definition) is 0. The first-order chi connectivity index (χ1) is 13.1. The Morgan fingerprint density at radius 1 is 1.19 bits per heavy atom. The van der Waals surface area contributed by atoms with Gasteiger partial charge in [0.05, 0.1) is 15.7 Å². The van der Waals surface area contributed by atoms with Gasteiger partial charge in [-0.15, -0.1) is 0 Å². The second kappa shape index (κ2) is 11.4. The van der Waals surface area contributed by atoms with Gasteiger partial charge in [-0.05, 0) is 44.2 Å². The SMILES string of the molecule is CCCN1CCN(c2cccc(Cl)c2Cl)CC1.CCOC1N=CC=CC1=O. The average molecular weight is 412 g/mol. The fourth-order valence-electron chi connectivity index (χ4n) is 2.97. The molecule has 2 heterocycles. The van der Waals surface area contributed by atoms with Crippen LogP contribution < -0.4 is 4.90 Å². The average Bonchev–Trinajstić information content (AvgIpc) is 2.68. The van der Waals surface area contributed by atoms with E-state index in [4.69, 9.17) is 27.9 Å². The second-order valence-corrected chi connectivity index (χ2v) is 7.05. The Hall–Kier alpha value is -1.40. The van der Waals surface area contributed by atoms with Crippen molar-refractivity contribution in [3.63, 3.8) is 0 Å². The summed E-state index contributed by atoms with van der Waals surface area (Å²) in [5.74, 6) is -0.0793. The lowest BCUT2D eigenvalue weighted by Gasteiger charge is -2.36. The molecule has 27 heavy (non-hydrogen) atoms. The summed E-state index contributed by atoms with van der Waals surface area (Å²) in [6.07, 6.45) is 5.28. The molecule has 148 valence electrons. The van der Waals surface area contributed by atoms with Gasteiger partial charge in [0.2, 0.25) is 12.0 Å². The van der Waals surface area contributed by atoms with Crippen LogP contribution in [0.1, 0.15) is 20.3 Å². The Morgan fingerprint density at radius 3 is 2.56 bits per heavy atom. The van der Waals surface area contributed by atoms with E-state index in [1.807, 2.05) is 25.1 Å². The maximum Gasteiger partial charge on any atom is 0.211 e. The zero-order valence-electron chi connectivity index (χ0n) is 15.9. The van der Waals surface area contributed by atoms with Gasteiger partial charge in [-0.2, -0.15) is 0 Å². The van der Waals surface area contributed by atoms with Crippen molar-refractivity contribution in [3.8, 4) is 0 Å². The largest absolute Gasteiger partial charge is 0.368 e. The van der Waals surface area contributed by atoms with E-state index in [1.54, 1.807) is 12.3 Å². The van der Waals surface area contributed by atoms with E-state index in [9.17, 15) is 4.79 Å². The number of allylic oxidation sites excluding steroid dienone is 1. The second-order valence-electron chi connectivity index (χ2n) is 6.27. The first-order valence-corrected chi connectivity index (χ1v) is 10.1. The Morgan fingerprint density at radius 2 is 1.93 bits per heavy atom. The summed E-state index contributed by atoms with van der Waals surface area (Å²) in [4.78, 5) is 19.5. The van der Waals surface area contributed by atoms with Crippen LogP contribution in [-0.2, 0) is 9.53 Å². The summed E-state index contributed by atoms with van der Waals surface area (Å²) in [6, 6.07) is 5.84. The molecule has 5 nitrogen and oxygen atoms in total. The van der Waals surface area contributed by atoms with Crippen LogP contribution in [0.15, 0.2) is 35.3 Å². The maximum absolute atomic E-state index is 10.9. The highest BCUT2D eigenvalue weighted by Crippen LogP contribution is 2.32. The molecule has 7 heteroatoms. The fourth-order valence-corrected chi connectivity index (χ4v) is 3.38. The Bertz CT molecular complexity index is 671. The molecule has 1 fully saturated rings. The number of ketones is 1. The topological polar surface area (TPSA) is 45.1 Å². The van der Waals surface area contributed by atoms with Gasteiger partial charge in [0.25, 0.3) is 0 Å². The number of hydrogen-bond acceptors (Lipinski definition) is 5. The number of ether oxygens (including phenoxy) is 1. The van der Waals surface area contributed by atoms with Crippen molar-refractivity contribution >= 4 is 40.9 Å². The van der Waals surface area contributed by atoms with Crippen LogP contribution in [0.5, 0.6) is 0 Å². The van der Waals surface area contributed by atoms with Crippen molar-refractivity contribution in [2.75, 3.05) is 44.2 Å². The minimum Gasteiger partial charge on any atom is -0.368 e. The summed E-state index contributed by atoms with van der Waals surface area (Å²) in [5.41, 5.74) is 1.07. The minimum absolute atomic E-state index is 0.0793. The molecule has 1 atom stereocenters. The number of aliphatic imine (C=N–C) groups is 1. The molecule has 0 amide bonds. The van der Waals surface area contributed by atoms with Gasteiger partial charge in [0, 0.05) is 39.0 Å². The van der Waals surface area contributed by atoms with E-state index in [2.05, 4.69) is 21.7 Å². The molecule has 0 N–H and O–H groups in total. The molecule has 1 aromatic carbocycles. The lowest BCUT2D eigenvalue weighted by atomic mass is 10.2. The van der Waals surface area contributed by atoms with Gasteiger partial charge in [-0.1, -0.05) is 36.2 Å². The van der Waals surface area contributed by atoms with Gasteiger partial charge in [0.1, 0.15) is 0 Å². The molecule has 0 radical (unpaired) electrons. The summed E-state index contributed by atoms with van der Waals surface area (Å²) in [6.45, 7) is 10.0. The van der Waals surface area contributed by atoms with E-state index in [0.717, 1.165) is 31.9 Å². The lowest BCUT2D eigenvalue weighted by molar-refractivity contribution is -0.124. The van der Waals surface area contributed by atoms with Crippen LogP contribution >= 0.6 is 23.2 Å². The standard InChI is InChI=1S/C13H18Cl2N2.C7H9NO2/c1-2-6-16-7-9-17(10-8-16)12-5-3-4-11(14)13(12)15;1-2-10-7-6(9)4-3-5-8-7/h3-5H,2,6-10H2,1H3;3-5,7H,2H2,1H3. The minimum atomic E-state index is -0.588. The van der Waals surface area contributed by atoms with Crippen molar-refractivity contribution in [1.29, 1.82) is 0 Å². The van der Waals surface area contributed by atoms with Crippen molar-refractivity contribution < 1.29 is 9.53 Å². The molecular weight excluding hydrogens is 385 g/mol. The lowest BCUT2D eigenvalue weighted by Crippen LogP contribution is -2.46. The summed E-state index contributed by atoms with van der Waals surface area (Å²) >= 11 is 12.3. The molecule has 2 aliphatic rings. The molecule has 1 aromatic rings. The molecule has 1 saturated heterocycles. The molecular formula is C20H27Cl2N3O2. The number of anilines is 1. The summed E-state index contributed by atoms with van der Waals surface area (Å²) in [7, 11) is 0. The Balaban J connectivity index is 0.000000223. The van der Waals surface area contributed by atoms with Gasteiger partial charge in [-0.3, -0.25) is 14.7 Å². The maximum atomic E-state index is 10.9. The molecule has 1 unspecified atom stereocenters. The van der Waals surface area contributed by atoms with Crippen LogP contribution in [0.3, 0.4) is 0 Å². The van der Waals surface area contributed by atoms with E-state index in [1.165, 1.54) is 19.0 Å². The molecule has 0 spiro atoms. The molecule has 0 saturated carbocycles. The van der Waals surface area contributed by atoms with Crippen molar-refractivity contribution in [2.45, 2.75) is 26.5 Å².